The molecule has 0 aromatic heterocycles. The van der Waals surface area contributed by atoms with Crippen molar-refractivity contribution in [3.8, 4) is 0 Å². The Bertz CT molecular complexity index is 1960. The zero-order valence-corrected chi connectivity index (χ0v) is 25.8. The first-order chi connectivity index (χ1) is 19.8. The molecule has 0 heterocycles. The fourth-order valence-corrected chi connectivity index (χ4v) is 6.34. The van der Waals surface area contributed by atoms with Gasteiger partial charge in [0.2, 0.25) is 0 Å². The predicted molar refractivity (Wildman–Crippen MR) is 156 cm³/mol. The fourth-order valence-electron chi connectivity index (χ4n) is 4.24. The minimum Gasteiger partial charge on any atom is -0.744 e. The van der Waals surface area contributed by atoms with Crippen molar-refractivity contribution in [1.82, 2.24) is 0 Å². The topological polar surface area (TPSA) is 172 Å². The van der Waals surface area contributed by atoms with Gasteiger partial charge in [-0.25, -0.2) is 25.3 Å². The molecule has 0 atom stereocenters. The fraction of sp³-hybridized carbons (Fsp3) is 0. The summed E-state index contributed by atoms with van der Waals surface area (Å²) in [7, 11) is -13.1. The third kappa shape index (κ3) is 8.57. The van der Waals surface area contributed by atoms with E-state index >= 15 is 0 Å². The molecule has 0 N–H and O–H groups in total. The van der Waals surface area contributed by atoms with E-state index in [0.717, 1.165) is 16.2 Å². The van der Waals surface area contributed by atoms with Crippen LogP contribution in [0.3, 0.4) is 0 Å². The van der Waals surface area contributed by atoms with Crippen molar-refractivity contribution < 1.29 is 61.3 Å². The van der Waals surface area contributed by atoms with E-state index < -0.39 is 30.4 Å². The summed E-state index contributed by atoms with van der Waals surface area (Å²) >= 11 is 0. The SMILES string of the molecule is O=S(=O)([O-])c1cccc2ccccc12.O=S(=O)([O-])c1cccc2ccccc12.O=S(=O)([O-])c1cccc2ccccc12.[Ag+3]. The van der Waals surface area contributed by atoms with E-state index in [0.29, 0.717) is 16.2 Å². The van der Waals surface area contributed by atoms with Crippen LogP contribution in [0.25, 0.3) is 32.3 Å². The maximum Gasteiger partial charge on any atom is 3.00 e. The van der Waals surface area contributed by atoms with Crippen molar-refractivity contribution in [3.05, 3.63) is 127 Å². The normalized spacial score (nSPS) is 11.5. The van der Waals surface area contributed by atoms with Gasteiger partial charge in [0.25, 0.3) is 0 Å². The first-order valence-electron chi connectivity index (χ1n) is 12.1. The third-order valence-corrected chi connectivity index (χ3v) is 8.74. The molecule has 224 valence electrons. The minimum atomic E-state index is -4.38. The van der Waals surface area contributed by atoms with E-state index in [1.165, 1.54) is 18.2 Å². The maximum absolute atomic E-state index is 10.9. The Morgan fingerprint density at radius 2 is 0.535 bits per heavy atom. The molecule has 13 heteroatoms. The van der Waals surface area contributed by atoms with E-state index in [1.54, 1.807) is 109 Å². The molecule has 0 spiro atoms. The zero-order valence-electron chi connectivity index (χ0n) is 21.8. The van der Waals surface area contributed by atoms with Crippen LogP contribution in [0.5, 0.6) is 0 Å². The Morgan fingerprint density at radius 3 is 0.767 bits per heavy atom. The van der Waals surface area contributed by atoms with Crippen LogP contribution in [0.1, 0.15) is 0 Å². The van der Waals surface area contributed by atoms with E-state index in [-0.39, 0.29) is 37.1 Å². The number of hydrogen-bond donors (Lipinski definition) is 0. The van der Waals surface area contributed by atoms with Crippen molar-refractivity contribution in [3.63, 3.8) is 0 Å². The van der Waals surface area contributed by atoms with Gasteiger partial charge in [0, 0.05) is 0 Å². The van der Waals surface area contributed by atoms with Crippen LogP contribution in [0.2, 0.25) is 0 Å². The minimum absolute atomic E-state index is 0. The summed E-state index contributed by atoms with van der Waals surface area (Å²) in [5.74, 6) is 0. The predicted octanol–water partition coefficient (Wildman–Crippen LogP) is 5.23. The summed E-state index contributed by atoms with van der Waals surface area (Å²) in [5, 5.41) is 3.69. The van der Waals surface area contributed by atoms with E-state index in [9.17, 15) is 38.9 Å². The standard InChI is InChI=1S/3C10H8O3S.Ag/c3*11-14(12,13)10-7-3-5-8-4-1-2-6-9(8)10;/h3*1-7H,(H,11,12,13);/q;;;+3/p-3. The Morgan fingerprint density at radius 1 is 0.326 bits per heavy atom. The molecule has 6 aromatic rings. The Kier molecular flexibility index (Phi) is 11.0. The van der Waals surface area contributed by atoms with Crippen molar-refractivity contribution in [2.45, 2.75) is 14.7 Å². The molecule has 0 unspecified atom stereocenters. The van der Waals surface area contributed by atoms with Gasteiger partial charge in [-0.3, -0.25) is 0 Å². The smallest absolute Gasteiger partial charge is 0.744 e. The monoisotopic (exact) mass is 728 g/mol. The molecule has 6 rings (SSSR count). The second-order valence-corrected chi connectivity index (χ2v) is 12.8. The molecule has 0 amide bonds. The largest absolute Gasteiger partial charge is 3.00 e. The van der Waals surface area contributed by atoms with Crippen LogP contribution in [0, 0.1) is 0 Å². The van der Waals surface area contributed by atoms with Gasteiger partial charge in [-0.15, -0.1) is 0 Å². The van der Waals surface area contributed by atoms with Gasteiger partial charge in [-0.1, -0.05) is 109 Å². The molecule has 0 fully saturated rings. The number of rotatable bonds is 3. The van der Waals surface area contributed by atoms with E-state index in [4.69, 9.17) is 0 Å². The molecule has 0 aliphatic heterocycles. The van der Waals surface area contributed by atoms with Crippen LogP contribution in [0.15, 0.2) is 142 Å². The van der Waals surface area contributed by atoms with Gasteiger partial charge in [-0.05, 0) is 50.5 Å². The van der Waals surface area contributed by atoms with Crippen molar-refractivity contribution in [2.24, 2.45) is 0 Å². The summed E-state index contributed by atoms with van der Waals surface area (Å²) in [6, 6.07) is 34.6. The number of hydrogen-bond acceptors (Lipinski definition) is 9. The average Bonchev–Trinajstić information content (AvgIpc) is 2.95. The Hall–Kier alpha value is -3.43. The van der Waals surface area contributed by atoms with Crippen LogP contribution in [-0.4, -0.2) is 38.9 Å². The summed E-state index contributed by atoms with van der Waals surface area (Å²) in [6.45, 7) is 0. The molecule has 43 heavy (non-hydrogen) atoms. The number of benzene rings is 6. The zero-order chi connectivity index (χ0) is 30.5. The second-order valence-electron chi connectivity index (χ2n) is 8.79. The van der Waals surface area contributed by atoms with Gasteiger partial charge in [-0.2, -0.15) is 0 Å². The molecule has 0 bridgehead atoms. The first-order valence-corrected chi connectivity index (χ1v) is 16.3. The second kappa shape index (κ2) is 13.9. The molecule has 0 saturated carbocycles. The molecule has 9 nitrogen and oxygen atoms in total. The molecule has 0 saturated heterocycles. The Labute approximate surface area is 264 Å². The van der Waals surface area contributed by atoms with Crippen molar-refractivity contribution in [1.29, 1.82) is 0 Å². The summed E-state index contributed by atoms with van der Waals surface area (Å²) in [5.41, 5.74) is 0. The summed E-state index contributed by atoms with van der Waals surface area (Å²) in [6.07, 6.45) is 0. The first kappa shape index (κ1) is 34.1. The van der Waals surface area contributed by atoms with E-state index in [2.05, 4.69) is 0 Å². The van der Waals surface area contributed by atoms with Gasteiger partial charge in [0.1, 0.15) is 30.4 Å². The van der Waals surface area contributed by atoms with Crippen molar-refractivity contribution in [2.75, 3.05) is 0 Å². The molecule has 0 aliphatic carbocycles. The van der Waals surface area contributed by atoms with Gasteiger partial charge in [0.05, 0.1) is 14.7 Å². The molecule has 6 aromatic carbocycles. The molecular formula is C30H21AgO9S3. The van der Waals surface area contributed by atoms with E-state index in [1.807, 2.05) is 0 Å². The number of fused-ring (bicyclic) bond motifs is 3. The van der Waals surface area contributed by atoms with Crippen LogP contribution < -0.4 is 0 Å². The average molecular weight is 730 g/mol. The molecule has 0 aliphatic rings. The van der Waals surface area contributed by atoms with Crippen LogP contribution in [-0.2, 0) is 52.7 Å². The van der Waals surface area contributed by atoms with Gasteiger partial charge >= 0.3 is 22.4 Å². The summed E-state index contributed by atoms with van der Waals surface area (Å²) < 4.78 is 98.0. The molecule has 0 radical (unpaired) electrons. The maximum atomic E-state index is 10.9. The van der Waals surface area contributed by atoms with Crippen LogP contribution in [0.4, 0.5) is 0 Å². The quantitative estimate of drug-likeness (QED) is 0.175. The van der Waals surface area contributed by atoms with Gasteiger partial charge in [0.15, 0.2) is 0 Å². The summed E-state index contributed by atoms with van der Waals surface area (Å²) in [4.78, 5) is -0.471. The molecular weight excluding hydrogens is 708 g/mol. The van der Waals surface area contributed by atoms with Crippen molar-refractivity contribution >= 4 is 62.7 Å². The van der Waals surface area contributed by atoms with Crippen LogP contribution >= 0.6 is 0 Å². The Balaban J connectivity index is 0.000000175. The van der Waals surface area contributed by atoms with Gasteiger partial charge < -0.3 is 13.7 Å². The third-order valence-electron chi connectivity index (χ3n) is 6.06.